The third kappa shape index (κ3) is 2.81. The molecule has 1 aromatic heterocycles. The van der Waals surface area contributed by atoms with Crippen molar-refractivity contribution in [1.29, 1.82) is 0 Å². The Morgan fingerprint density at radius 3 is 3.17 bits per heavy atom. The lowest BCUT2D eigenvalue weighted by Gasteiger charge is -2.16. The molecular weight excluding hydrogens is 226 g/mol. The minimum Gasteiger partial charge on any atom is -0.373 e. The van der Waals surface area contributed by atoms with Gasteiger partial charge in [-0.25, -0.2) is 4.98 Å². The SMILES string of the molecule is CCCC1CCN(C(=O)c2ccnc(NC)c2)C1. The van der Waals surface area contributed by atoms with Crippen molar-refractivity contribution in [2.24, 2.45) is 5.92 Å². The highest BCUT2D eigenvalue weighted by Gasteiger charge is 2.26. The van der Waals surface area contributed by atoms with Crippen LogP contribution in [0, 0.1) is 5.92 Å². The minimum atomic E-state index is 0.132. The van der Waals surface area contributed by atoms with Crippen molar-refractivity contribution in [3.63, 3.8) is 0 Å². The average Bonchev–Trinajstić information content (AvgIpc) is 2.87. The fourth-order valence-corrected chi connectivity index (χ4v) is 2.54. The topological polar surface area (TPSA) is 45.2 Å². The van der Waals surface area contributed by atoms with Crippen molar-refractivity contribution in [3.8, 4) is 0 Å². The molecule has 1 aliphatic heterocycles. The number of rotatable bonds is 4. The fourth-order valence-electron chi connectivity index (χ4n) is 2.54. The molecule has 0 saturated carbocycles. The second-order valence-electron chi connectivity index (χ2n) is 4.87. The Kier molecular flexibility index (Phi) is 4.18. The maximum absolute atomic E-state index is 12.3. The number of hydrogen-bond acceptors (Lipinski definition) is 3. The van der Waals surface area contributed by atoms with Gasteiger partial charge in [-0.3, -0.25) is 4.79 Å². The number of nitrogens with zero attached hydrogens (tertiary/aromatic N) is 2. The number of likely N-dealkylation sites (tertiary alicyclic amines) is 1. The van der Waals surface area contributed by atoms with Crippen LogP contribution in [0.5, 0.6) is 0 Å². The van der Waals surface area contributed by atoms with Crippen LogP contribution < -0.4 is 5.32 Å². The van der Waals surface area contributed by atoms with E-state index >= 15 is 0 Å². The van der Waals surface area contributed by atoms with Gasteiger partial charge >= 0.3 is 0 Å². The van der Waals surface area contributed by atoms with E-state index in [-0.39, 0.29) is 5.91 Å². The third-order valence-electron chi connectivity index (χ3n) is 3.53. The molecule has 4 heteroatoms. The second kappa shape index (κ2) is 5.85. The molecule has 98 valence electrons. The standard InChI is InChI=1S/C14H21N3O/c1-3-4-11-6-8-17(10-11)14(18)12-5-7-16-13(9-12)15-2/h5,7,9,11H,3-4,6,8,10H2,1-2H3,(H,15,16). The van der Waals surface area contributed by atoms with Gasteiger partial charge in [-0.05, 0) is 30.9 Å². The van der Waals surface area contributed by atoms with Crippen molar-refractivity contribution in [2.45, 2.75) is 26.2 Å². The van der Waals surface area contributed by atoms with Crippen LogP contribution in [-0.4, -0.2) is 35.9 Å². The molecule has 1 saturated heterocycles. The number of carbonyl (C=O) groups is 1. The van der Waals surface area contributed by atoms with Gasteiger partial charge in [0.25, 0.3) is 5.91 Å². The Labute approximate surface area is 108 Å². The Balaban J connectivity index is 2.03. The first-order valence-electron chi connectivity index (χ1n) is 6.67. The van der Waals surface area contributed by atoms with Crippen LogP contribution in [0.1, 0.15) is 36.5 Å². The Bertz CT molecular complexity index is 419. The predicted molar refractivity (Wildman–Crippen MR) is 72.7 cm³/mol. The zero-order valence-electron chi connectivity index (χ0n) is 11.1. The van der Waals surface area contributed by atoms with Crippen LogP contribution in [0.3, 0.4) is 0 Å². The van der Waals surface area contributed by atoms with Gasteiger partial charge in [0.05, 0.1) is 0 Å². The molecule has 18 heavy (non-hydrogen) atoms. The quantitative estimate of drug-likeness (QED) is 0.888. The summed E-state index contributed by atoms with van der Waals surface area (Å²) in [7, 11) is 1.81. The molecule has 2 heterocycles. The van der Waals surface area contributed by atoms with Crippen LogP contribution in [0.15, 0.2) is 18.3 Å². The van der Waals surface area contributed by atoms with Gasteiger partial charge in [-0.2, -0.15) is 0 Å². The van der Waals surface area contributed by atoms with Gasteiger partial charge in [0.15, 0.2) is 0 Å². The summed E-state index contributed by atoms with van der Waals surface area (Å²) in [5.41, 5.74) is 0.728. The Hall–Kier alpha value is -1.58. The van der Waals surface area contributed by atoms with Gasteiger partial charge in [-0.1, -0.05) is 13.3 Å². The number of anilines is 1. The van der Waals surface area contributed by atoms with E-state index in [2.05, 4.69) is 17.2 Å². The third-order valence-corrected chi connectivity index (χ3v) is 3.53. The largest absolute Gasteiger partial charge is 0.373 e. The average molecular weight is 247 g/mol. The number of pyridine rings is 1. The lowest BCUT2D eigenvalue weighted by atomic mass is 10.0. The van der Waals surface area contributed by atoms with E-state index in [1.54, 1.807) is 12.3 Å². The monoisotopic (exact) mass is 247 g/mol. The minimum absolute atomic E-state index is 0.132. The highest BCUT2D eigenvalue weighted by molar-refractivity contribution is 5.95. The predicted octanol–water partition coefficient (Wildman–Crippen LogP) is 2.39. The number of hydrogen-bond donors (Lipinski definition) is 1. The van der Waals surface area contributed by atoms with Crippen LogP contribution in [0.4, 0.5) is 5.82 Å². The van der Waals surface area contributed by atoms with Crippen molar-refractivity contribution >= 4 is 11.7 Å². The first-order valence-corrected chi connectivity index (χ1v) is 6.67. The van der Waals surface area contributed by atoms with E-state index in [0.717, 1.165) is 30.9 Å². The molecule has 0 spiro atoms. The summed E-state index contributed by atoms with van der Waals surface area (Å²) in [6, 6.07) is 3.60. The highest BCUT2D eigenvalue weighted by Crippen LogP contribution is 2.22. The normalized spacial score (nSPS) is 19.0. The smallest absolute Gasteiger partial charge is 0.254 e. The summed E-state index contributed by atoms with van der Waals surface area (Å²) in [5.74, 6) is 1.56. The first-order chi connectivity index (χ1) is 8.74. The van der Waals surface area contributed by atoms with E-state index in [1.807, 2.05) is 18.0 Å². The summed E-state index contributed by atoms with van der Waals surface area (Å²) in [4.78, 5) is 18.4. The number of nitrogens with one attached hydrogen (secondary N) is 1. The van der Waals surface area contributed by atoms with Gasteiger partial charge in [0, 0.05) is 31.9 Å². The van der Waals surface area contributed by atoms with Crippen molar-refractivity contribution < 1.29 is 4.79 Å². The molecule has 0 aliphatic carbocycles. The Morgan fingerprint density at radius 2 is 2.44 bits per heavy atom. The fraction of sp³-hybridized carbons (Fsp3) is 0.571. The molecule has 4 nitrogen and oxygen atoms in total. The van der Waals surface area contributed by atoms with Crippen molar-refractivity contribution in [1.82, 2.24) is 9.88 Å². The van der Waals surface area contributed by atoms with Crippen LogP contribution in [0.2, 0.25) is 0 Å². The van der Waals surface area contributed by atoms with Crippen molar-refractivity contribution in [2.75, 3.05) is 25.5 Å². The van der Waals surface area contributed by atoms with Gasteiger partial charge in [0.1, 0.15) is 5.82 Å². The summed E-state index contributed by atoms with van der Waals surface area (Å²) in [5, 5.41) is 2.96. The summed E-state index contributed by atoms with van der Waals surface area (Å²) < 4.78 is 0. The molecule has 1 aliphatic rings. The van der Waals surface area contributed by atoms with Crippen LogP contribution >= 0.6 is 0 Å². The van der Waals surface area contributed by atoms with Gasteiger partial charge < -0.3 is 10.2 Å². The molecule has 1 atom stereocenters. The maximum Gasteiger partial charge on any atom is 0.254 e. The molecule has 1 fully saturated rings. The van der Waals surface area contributed by atoms with E-state index < -0.39 is 0 Å². The molecule has 0 bridgehead atoms. The number of amides is 1. The number of carbonyl (C=O) groups excluding carboxylic acids is 1. The lowest BCUT2D eigenvalue weighted by molar-refractivity contribution is 0.0786. The number of aromatic nitrogens is 1. The Morgan fingerprint density at radius 1 is 1.61 bits per heavy atom. The summed E-state index contributed by atoms with van der Waals surface area (Å²) >= 11 is 0. The molecular formula is C14H21N3O. The first kappa shape index (κ1) is 12.9. The molecule has 1 unspecified atom stereocenters. The lowest BCUT2D eigenvalue weighted by Crippen LogP contribution is -2.28. The van der Waals surface area contributed by atoms with E-state index in [4.69, 9.17) is 0 Å². The summed E-state index contributed by atoms with van der Waals surface area (Å²) in [6.07, 6.45) is 5.25. The summed E-state index contributed by atoms with van der Waals surface area (Å²) in [6.45, 7) is 4.00. The van der Waals surface area contributed by atoms with Crippen molar-refractivity contribution in [3.05, 3.63) is 23.9 Å². The van der Waals surface area contributed by atoms with Crippen LogP contribution in [-0.2, 0) is 0 Å². The van der Waals surface area contributed by atoms with E-state index in [9.17, 15) is 4.79 Å². The van der Waals surface area contributed by atoms with Gasteiger partial charge in [0.2, 0.25) is 0 Å². The zero-order valence-corrected chi connectivity index (χ0v) is 11.1. The molecule has 0 radical (unpaired) electrons. The molecule has 1 N–H and O–H groups in total. The maximum atomic E-state index is 12.3. The molecule has 2 rings (SSSR count). The zero-order chi connectivity index (χ0) is 13.0. The second-order valence-corrected chi connectivity index (χ2v) is 4.87. The van der Waals surface area contributed by atoms with Gasteiger partial charge in [-0.15, -0.1) is 0 Å². The molecule has 0 aromatic carbocycles. The van der Waals surface area contributed by atoms with E-state index in [1.165, 1.54) is 12.8 Å². The highest BCUT2D eigenvalue weighted by atomic mass is 16.2. The van der Waals surface area contributed by atoms with E-state index in [0.29, 0.717) is 5.92 Å². The molecule has 1 aromatic rings. The van der Waals surface area contributed by atoms with Crippen LogP contribution in [0.25, 0.3) is 0 Å². The molecule has 1 amide bonds.